The molecular weight excluding hydrogens is 224 g/mol. The molecule has 1 heterocycles. The van der Waals surface area contributed by atoms with E-state index < -0.39 is 0 Å². The second kappa shape index (κ2) is 6.71. The summed E-state index contributed by atoms with van der Waals surface area (Å²) in [5.74, 6) is 1.01. The van der Waals surface area contributed by atoms with Gasteiger partial charge in [0, 0.05) is 12.7 Å². The van der Waals surface area contributed by atoms with Gasteiger partial charge in [-0.3, -0.25) is 0 Å². The molecule has 0 aliphatic carbocycles. The van der Waals surface area contributed by atoms with Crippen molar-refractivity contribution in [1.82, 2.24) is 4.98 Å². The van der Waals surface area contributed by atoms with Crippen LogP contribution in [0.2, 0.25) is 5.02 Å². The number of rotatable bonds is 6. The van der Waals surface area contributed by atoms with E-state index in [1.807, 2.05) is 6.07 Å². The minimum atomic E-state index is 0.405. The van der Waals surface area contributed by atoms with Gasteiger partial charge in [0.25, 0.3) is 0 Å². The topological polar surface area (TPSA) is 48.1 Å². The summed E-state index contributed by atoms with van der Waals surface area (Å²) in [5.41, 5.74) is 6.43. The highest BCUT2D eigenvalue weighted by Gasteiger charge is 2.09. The first-order valence-corrected chi connectivity index (χ1v) is 6.03. The fourth-order valence-corrected chi connectivity index (χ4v) is 1.76. The fraction of sp³-hybridized carbons (Fsp3) is 0.583. The zero-order valence-corrected chi connectivity index (χ0v) is 10.6. The smallest absolute Gasteiger partial charge is 0.232 e. The second-order valence-electron chi connectivity index (χ2n) is 4.00. The Bertz CT molecular complexity index is 331. The van der Waals surface area contributed by atoms with Crippen molar-refractivity contribution >= 4 is 11.6 Å². The van der Waals surface area contributed by atoms with Crippen molar-refractivity contribution < 1.29 is 4.74 Å². The van der Waals surface area contributed by atoms with Crippen LogP contribution in [0.5, 0.6) is 5.88 Å². The lowest BCUT2D eigenvalue weighted by molar-refractivity contribution is 0.243. The maximum Gasteiger partial charge on any atom is 0.232 e. The lowest BCUT2D eigenvalue weighted by atomic mass is 10.1. The number of pyridine rings is 1. The van der Waals surface area contributed by atoms with E-state index >= 15 is 0 Å². The maximum absolute atomic E-state index is 6.10. The second-order valence-corrected chi connectivity index (χ2v) is 4.38. The maximum atomic E-state index is 6.10. The van der Waals surface area contributed by atoms with Gasteiger partial charge in [0.1, 0.15) is 5.02 Å². The van der Waals surface area contributed by atoms with Crippen molar-refractivity contribution in [3.05, 3.63) is 22.8 Å². The quantitative estimate of drug-likeness (QED) is 0.834. The Morgan fingerprint density at radius 2 is 2.31 bits per heavy atom. The number of aromatic nitrogens is 1. The molecule has 1 aromatic heterocycles. The first-order valence-electron chi connectivity index (χ1n) is 5.65. The summed E-state index contributed by atoms with van der Waals surface area (Å²) in [7, 11) is 0. The van der Waals surface area contributed by atoms with Gasteiger partial charge in [-0.25, -0.2) is 4.98 Å². The molecule has 3 nitrogen and oxygen atoms in total. The summed E-state index contributed by atoms with van der Waals surface area (Å²) in [6.07, 6.45) is 3.98. The van der Waals surface area contributed by atoms with Crippen LogP contribution in [-0.2, 0) is 6.54 Å². The van der Waals surface area contributed by atoms with Crippen LogP contribution in [0.3, 0.4) is 0 Å². The minimum Gasteiger partial charge on any atom is -0.476 e. The third-order valence-electron chi connectivity index (χ3n) is 2.44. The molecule has 0 aromatic carbocycles. The molecule has 1 rings (SSSR count). The van der Waals surface area contributed by atoms with E-state index in [1.54, 1.807) is 6.20 Å². The van der Waals surface area contributed by atoms with Crippen LogP contribution in [0, 0.1) is 5.92 Å². The van der Waals surface area contributed by atoms with Gasteiger partial charge < -0.3 is 10.5 Å². The largest absolute Gasteiger partial charge is 0.476 e. The van der Waals surface area contributed by atoms with E-state index in [0.717, 1.165) is 18.4 Å². The predicted octanol–water partition coefficient (Wildman–Crippen LogP) is 3.01. The molecule has 0 aliphatic heterocycles. The molecule has 0 aliphatic rings. The van der Waals surface area contributed by atoms with Crippen LogP contribution in [-0.4, -0.2) is 11.6 Å². The Labute approximate surface area is 102 Å². The van der Waals surface area contributed by atoms with Crippen molar-refractivity contribution in [3.8, 4) is 5.88 Å². The van der Waals surface area contributed by atoms with Crippen LogP contribution >= 0.6 is 11.6 Å². The number of hydrogen-bond acceptors (Lipinski definition) is 3. The van der Waals surface area contributed by atoms with Crippen LogP contribution in [0.4, 0.5) is 0 Å². The average molecular weight is 243 g/mol. The van der Waals surface area contributed by atoms with E-state index in [1.165, 1.54) is 0 Å². The molecule has 1 aromatic rings. The monoisotopic (exact) mass is 242 g/mol. The Balaban J connectivity index is 2.60. The average Bonchev–Trinajstić information content (AvgIpc) is 2.28. The lowest BCUT2D eigenvalue weighted by Crippen LogP contribution is -2.10. The number of ether oxygens (including phenoxy) is 1. The van der Waals surface area contributed by atoms with Crippen LogP contribution in [0.15, 0.2) is 12.3 Å². The molecule has 0 radical (unpaired) electrons. The molecule has 90 valence electrons. The number of nitrogens with zero attached hydrogens (tertiary/aromatic N) is 1. The van der Waals surface area contributed by atoms with Gasteiger partial charge >= 0.3 is 0 Å². The molecular formula is C12H19ClN2O. The van der Waals surface area contributed by atoms with E-state index in [0.29, 0.717) is 30.0 Å². The summed E-state index contributed by atoms with van der Waals surface area (Å²) < 4.78 is 5.60. The molecule has 16 heavy (non-hydrogen) atoms. The normalized spacial score (nSPS) is 12.5. The fourth-order valence-electron chi connectivity index (χ4n) is 1.52. The summed E-state index contributed by atoms with van der Waals surface area (Å²) in [6, 6.07) is 1.81. The zero-order chi connectivity index (χ0) is 12.0. The van der Waals surface area contributed by atoms with Gasteiger partial charge in [0.15, 0.2) is 0 Å². The molecule has 1 unspecified atom stereocenters. The number of halogens is 1. The summed E-state index contributed by atoms with van der Waals surface area (Å²) >= 11 is 6.10. The summed E-state index contributed by atoms with van der Waals surface area (Å²) in [4.78, 5) is 4.11. The molecule has 0 amide bonds. The van der Waals surface area contributed by atoms with Crippen LogP contribution in [0.1, 0.15) is 32.3 Å². The highest BCUT2D eigenvalue weighted by atomic mass is 35.5. The number of hydrogen-bond donors (Lipinski definition) is 1. The molecule has 0 bridgehead atoms. The highest BCUT2D eigenvalue weighted by Crippen LogP contribution is 2.25. The van der Waals surface area contributed by atoms with E-state index in [9.17, 15) is 0 Å². The van der Waals surface area contributed by atoms with Crippen molar-refractivity contribution in [3.63, 3.8) is 0 Å². The first kappa shape index (κ1) is 13.3. The molecule has 4 heteroatoms. The predicted molar refractivity (Wildman–Crippen MR) is 66.7 cm³/mol. The molecule has 0 saturated heterocycles. The standard InChI is InChI=1S/C12H19ClN2O/c1-3-4-9(2)8-16-12-11(13)10(7-14)5-6-15-12/h5-6,9H,3-4,7-8,14H2,1-2H3. The number of nitrogens with two attached hydrogens (primary N) is 1. The third-order valence-corrected chi connectivity index (χ3v) is 2.85. The van der Waals surface area contributed by atoms with E-state index in [4.69, 9.17) is 22.1 Å². The molecule has 0 saturated carbocycles. The Hall–Kier alpha value is -0.800. The van der Waals surface area contributed by atoms with Crippen molar-refractivity contribution in [1.29, 1.82) is 0 Å². The van der Waals surface area contributed by atoms with Gasteiger partial charge in [0.2, 0.25) is 5.88 Å². The van der Waals surface area contributed by atoms with Crippen LogP contribution in [0.25, 0.3) is 0 Å². The van der Waals surface area contributed by atoms with Gasteiger partial charge in [-0.15, -0.1) is 0 Å². The van der Waals surface area contributed by atoms with E-state index in [2.05, 4.69) is 18.8 Å². The highest BCUT2D eigenvalue weighted by molar-refractivity contribution is 6.32. The molecule has 0 spiro atoms. The van der Waals surface area contributed by atoms with Crippen LogP contribution < -0.4 is 10.5 Å². The Kier molecular flexibility index (Phi) is 5.56. The van der Waals surface area contributed by atoms with Crippen molar-refractivity contribution in [2.24, 2.45) is 11.7 Å². The SMILES string of the molecule is CCCC(C)COc1nccc(CN)c1Cl. The Morgan fingerprint density at radius 1 is 1.56 bits per heavy atom. The summed E-state index contributed by atoms with van der Waals surface area (Å²) in [6.45, 7) is 5.37. The van der Waals surface area contributed by atoms with Gasteiger partial charge in [-0.05, 0) is 24.0 Å². The van der Waals surface area contributed by atoms with Crippen molar-refractivity contribution in [2.75, 3.05) is 6.61 Å². The van der Waals surface area contributed by atoms with Crippen molar-refractivity contribution in [2.45, 2.75) is 33.2 Å². The van der Waals surface area contributed by atoms with Gasteiger partial charge in [-0.1, -0.05) is 31.9 Å². The first-order chi connectivity index (χ1) is 7.69. The third kappa shape index (κ3) is 3.65. The lowest BCUT2D eigenvalue weighted by Gasteiger charge is -2.13. The minimum absolute atomic E-state index is 0.405. The van der Waals surface area contributed by atoms with E-state index in [-0.39, 0.29) is 0 Å². The summed E-state index contributed by atoms with van der Waals surface area (Å²) in [5, 5.41) is 0.536. The molecule has 0 fully saturated rings. The van der Waals surface area contributed by atoms with Gasteiger partial charge in [0.05, 0.1) is 6.61 Å². The zero-order valence-electron chi connectivity index (χ0n) is 9.87. The molecule has 2 N–H and O–H groups in total. The Morgan fingerprint density at radius 3 is 2.94 bits per heavy atom. The molecule has 1 atom stereocenters. The van der Waals surface area contributed by atoms with Gasteiger partial charge in [-0.2, -0.15) is 0 Å².